The highest BCUT2D eigenvalue weighted by Gasteiger charge is 2.33. The molecule has 1 fully saturated rings. The van der Waals surface area contributed by atoms with Gasteiger partial charge in [-0.05, 0) is 12.1 Å². The Morgan fingerprint density at radius 3 is 2.48 bits per heavy atom. The molecule has 0 amide bonds. The van der Waals surface area contributed by atoms with Gasteiger partial charge in [0.05, 0.1) is 11.9 Å². The van der Waals surface area contributed by atoms with Crippen LogP contribution in [0.2, 0.25) is 0 Å². The quantitative estimate of drug-likeness (QED) is 0.770. The van der Waals surface area contributed by atoms with Crippen molar-refractivity contribution in [1.29, 1.82) is 0 Å². The molecular formula is C15H18F3N5O2S2. The number of piperazine rings is 1. The molecule has 0 atom stereocenters. The molecular weight excluding hydrogens is 403 g/mol. The second-order valence-electron chi connectivity index (χ2n) is 5.84. The fourth-order valence-electron chi connectivity index (χ4n) is 2.64. The Morgan fingerprint density at radius 1 is 1.15 bits per heavy atom. The zero-order valence-electron chi connectivity index (χ0n) is 14.2. The number of sulfonamides is 1. The van der Waals surface area contributed by atoms with Crippen molar-refractivity contribution in [2.24, 2.45) is 0 Å². The monoisotopic (exact) mass is 421 g/mol. The topological polar surface area (TPSA) is 78.4 Å². The minimum Gasteiger partial charge on any atom is -0.360 e. The lowest BCUT2D eigenvalue weighted by molar-refractivity contribution is -0.134. The van der Waals surface area contributed by atoms with E-state index in [1.807, 2.05) is 23.1 Å². The van der Waals surface area contributed by atoms with E-state index in [9.17, 15) is 21.6 Å². The molecule has 1 saturated heterocycles. The summed E-state index contributed by atoms with van der Waals surface area (Å²) in [5.41, 5.74) is 0. The number of hydrogen-bond acceptors (Lipinski definition) is 7. The predicted molar refractivity (Wildman–Crippen MR) is 97.4 cm³/mol. The van der Waals surface area contributed by atoms with E-state index in [2.05, 4.69) is 15.3 Å². The Kier molecular flexibility index (Phi) is 5.86. The molecule has 148 valence electrons. The lowest BCUT2D eigenvalue weighted by atomic mass is 10.3. The van der Waals surface area contributed by atoms with Gasteiger partial charge in [-0.25, -0.2) is 18.4 Å². The zero-order valence-corrected chi connectivity index (χ0v) is 15.8. The van der Waals surface area contributed by atoms with E-state index in [0.29, 0.717) is 37.5 Å². The molecule has 27 heavy (non-hydrogen) atoms. The summed E-state index contributed by atoms with van der Waals surface area (Å²) in [5, 5.41) is 2.70. The highest BCUT2D eigenvalue weighted by molar-refractivity contribution is 7.89. The van der Waals surface area contributed by atoms with Crippen LogP contribution in [0.1, 0.15) is 4.88 Å². The predicted octanol–water partition coefficient (Wildman–Crippen LogP) is 2.12. The zero-order chi connectivity index (χ0) is 19.5. The Morgan fingerprint density at radius 2 is 1.89 bits per heavy atom. The summed E-state index contributed by atoms with van der Waals surface area (Å²) in [7, 11) is -3.50. The minimum absolute atomic E-state index is 0.00635. The smallest absolute Gasteiger partial charge is 0.360 e. The summed E-state index contributed by atoms with van der Waals surface area (Å²) in [6.07, 6.45) is -2.03. The number of thiazole rings is 1. The van der Waals surface area contributed by atoms with Crippen molar-refractivity contribution in [2.45, 2.75) is 6.18 Å². The van der Waals surface area contributed by atoms with E-state index in [1.54, 1.807) is 6.20 Å². The van der Waals surface area contributed by atoms with Crippen molar-refractivity contribution in [3.05, 3.63) is 35.5 Å². The second kappa shape index (κ2) is 7.98. The SMILES string of the molecule is O=S(=O)(CCNc1ncc(C(F)(F)F)s1)N1CCN(c2ccccn2)CC1. The number of pyridine rings is 1. The summed E-state index contributed by atoms with van der Waals surface area (Å²) in [5.74, 6) is 0.595. The number of aromatic nitrogens is 2. The molecule has 0 saturated carbocycles. The molecule has 0 aromatic carbocycles. The molecule has 1 aliphatic rings. The van der Waals surface area contributed by atoms with Gasteiger partial charge in [-0.3, -0.25) is 0 Å². The van der Waals surface area contributed by atoms with Crippen LogP contribution in [-0.2, 0) is 16.2 Å². The van der Waals surface area contributed by atoms with Crippen molar-refractivity contribution in [1.82, 2.24) is 14.3 Å². The average Bonchev–Trinajstić information content (AvgIpc) is 3.12. The van der Waals surface area contributed by atoms with Crippen molar-refractivity contribution in [3.63, 3.8) is 0 Å². The van der Waals surface area contributed by atoms with Gasteiger partial charge >= 0.3 is 6.18 Å². The van der Waals surface area contributed by atoms with E-state index >= 15 is 0 Å². The van der Waals surface area contributed by atoms with E-state index in [1.165, 1.54) is 4.31 Å². The Labute approximate surface area is 158 Å². The molecule has 1 aliphatic heterocycles. The van der Waals surface area contributed by atoms with Gasteiger partial charge in [0.2, 0.25) is 10.0 Å². The van der Waals surface area contributed by atoms with Gasteiger partial charge in [0.25, 0.3) is 0 Å². The van der Waals surface area contributed by atoms with Gasteiger partial charge in [-0.15, -0.1) is 0 Å². The first-order chi connectivity index (χ1) is 12.8. The van der Waals surface area contributed by atoms with Crippen LogP contribution >= 0.6 is 11.3 Å². The third-order valence-electron chi connectivity index (χ3n) is 4.03. The summed E-state index contributed by atoms with van der Waals surface area (Å²) in [4.78, 5) is 9.07. The molecule has 2 aromatic rings. The maximum absolute atomic E-state index is 12.5. The van der Waals surface area contributed by atoms with Gasteiger partial charge in [0.15, 0.2) is 5.13 Å². The summed E-state index contributed by atoms with van der Waals surface area (Å²) in [6, 6.07) is 5.56. The van der Waals surface area contributed by atoms with Crippen LogP contribution in [0.5, 0.6) is 0 Å². The molecule has 3 heterocycles. The average molecular weight is 421 g/mol. The maximum Gasteiger partial charge on any atom is 0.427 e. The lowest BCUT2D eigenvalue weighted by Crippen LogP contribution is -2.50. The number of halogens is 3. The lowest BCUT2D eigenvalue weighted by Gasteiger charge is -2.34. The van der Waals surface area contributed by atoms with Crippen LogP contribution in [0.3, 0.4) is 0 Å². The third kappa shape index (κ3) is 5.08. The third-order valence-corrected chi connectivity index (χ3v) is 6.90. The number of rotatable bonds is 6. The molecule has 1 N–H and O–H groups in total. The molecule has 0 aliphatic carbocycles. The van der Waals surface area contributed by atoms with Crippen molar-refractivity contribution < 1.29 is 21.6 Å². The van der Waals surface area contributed by atoms with E-state index < -0.39 is 21.1 Å². The van der Waals surface area contributed by atoms with Crippen molar-refractivity contribution in [3.8, 4) is 0 Å². The van der Waals surface area contributed by atoms with Gasteiger partial charge in [-0.2, -0.15) is 17.5 Å². The largest absolute Gasteiger partial charge is 0.427 e. The molecule has 0 bridgehead atoms. The number of nitrogens with one attached hydrogen (secondary N) is 1. The van der Waals surface area contributed by atoms with Crippen LogP contribution in [0.4, 0.5) is 24.1 Å². The highest BCUT2D eigenvalue weighted by atomic mass is 32.2. The van der Waals surface area contributed by atoms with Crippen LogP contribution in [-0.4, -0.2) is 61.2 Å². The second-order valence-corrected chi connectivity index (χ2v) is 8.96. The maximum atomic E-state index is 12.5. The first kappa shape index (κ1) is 19.8. The van der Waals surface area contributed by atoms with Gasteiger partial charge in [0, 0.05) is 38.9 Å². The van der Waals surface area contributed by atoms with Crippen LogP contribution < -0.4 is 10.2 Å². The Balaban J connectivity index is 1.48. The van der Waals surface area contributed by atoms with Crippen LogP contribution in [0, 0.1) is 0 Å². The van der Waals surface area contributed by atoms with Gasteiger partial charge < -0.3 is 10.2 Å². The van der Waals surface area contributed by atoms with Gasteiger partial charge in [-0.1, -0.05) is 17.4 Å². The van der Waals surface area contributed by atoms with Crippen molar-refractivity contribution in [2.75, 3.05) is 48.7 Å². The first-order valence-corrected chi connectivity index (χ1v) is 10.6. The summed E-state index contributed by atoms with van der Waals surface area (Å²) in [6.45, 7) is 1.74. The number of alkyl halides is 3. The fraction of sp³-hybridized carbons (Fsp3) is 0.467. The summed E-state index contributed by atoms with van der Waals surface area (Å²) < 4.78 is 63.9. The number of nitrogens with zero attached hydrogens (tertiary/aromatic N) is 4. The first-order valence-electron chi connectivity index (χ1n) is 8.16. The molecule has 12 heteroatoms. The normalized spacial score (nSPS) is 16.5. The van der Waals surface area contributed by atoms with E-state index in [4.69, 9.17) is 0 Å². The molecule has 0 radical (unpaired) electrons. The fourth-order valence-corrected chi connectivity index (χ4v) is 4.69. The number of anilines is 2. The molecule has 7 nitrogen and oxygen atoms in total. The Hall–Kier alpha value is -1.92. The summed E-state index contributed by atoms with van der Waals surface area (Å²) >= 11 is 0.455. The molecule has 3 rings (SSSR count). The van der Waals surface area contributed by atoms with Crippen LogP contribution in [0.25, 0.3) is 0 Å². The number of hydrogen-bond donors (Lipinski definition) is 1. The molecule has 0 unspecified atom stereocenters. The Bertz CT molecular complexity index is 850. The van der Waals surface area contributed by atoms with Gasteiger partial charge in [0.1, 0.15) is 10.7 Å². The van der Waals surface area contributed by atoms with Crippen molar-refractivity contribution >= 4 is 32.3 Å². The minimum atomic E-state index is -4.45. The standard InChI is InChI=1S/C15H18F3N5O2S2/c16-15(17,18)12-11-21-14(26-12)20-5-10-27(24,25)23-8-6-22(7-9-23)13-3-1-2-4-19-13/h1-4,11H,5-10H2,(H,20,21). The van der Waals surface area contributed by atoms with E-state index in [0.717, 1.165) is 12.0 Å². The van der Waals surface area contributed by atoms with E-state index in [-0.39, 0.29) is 17.4 Å². The molecule has 0 spiro atoms. The molecule has 2 aromatic heterocycles. The highest BCUT2D eigenvalue weighted by Crippen LogP contribution is 2.34. The van der Waals surface area contributed by atoms with Crippen LogP contribution in [0.15, 0.2) is 30.6 Å².